The average Bonchev–Trinajstić information content (AvgIpc) is 2.67. The molecule has 1 amide bonds. The molecule has 1 fully saturated rings. The Morgan fingerprint density at radius 2 is 1.69 bits per heavy atom. The van der Waals surface area contributed by atoms with Crippen LogP contribution in [0.3, 0.4) is 0 Å². The van der Waals surface area contributed by atoms with Crippen LogP contribution < -0.4 is 9.64 Å². The molecule has 1 saturated heterocycles. The molecule has 1 heterocycles. The minimum absolute atomic E-state index is 0.0403. The summed E-state index contributed by atoms with van der Waals surface area (Å²) in [6.07, 6.45) is 0.714. The van der Waals surface area contributed by atoms with Crippen LogP contribution in [-0.2, 0) is 14.3 Å². The van der Waals surface area contributed by atoms with Crippen molar-refractivity contribution in [2.24, 2.45) is 5.92 Å². The molecule has 0 aromatic heterocycles. The van der Waals surface area contributed by atoms with Crippen molar-refractivity contribution in [3.63, 3.8) is 0 Å². The van der Waals surface area contributed by atoms with Gasteiger partial charge in [0.25, 0.3) is 0 Å². The molecule has 0 spiro atoms. The number of amides is 1. The maximum absolute atomic E-state index is 12.8. The number of aryl methyl sites for hydroxylation is 1. The number of hydrogen-bond donors (Lipinski definition) is 0. The molecule has 0 N–H and O–H groups in total. The second-order valence-corrected chi connectivity index (χ2v) is 6.48. The molecule has 5 heteroatoms. The normalized spacial score (nSPS) is 19.0. The number of carbonyl (C=O) groups is 2. The lowest BCUT2D eigenvalue weighted by molar-refractivity contribution is -0.141. The lowest BCUT2D eigenvalue weighted by atomic mass is 9.79. The van der Waals surface area contributed by atoms with Gasteiger partial charge in [0.15, 0.2) is 0 Å². The number of nitrogens with zero attached hydrogens (tertiary/aromatic N) is 1. The molecule has 0 aliphatic carbocycles. The van der Waals surface area contributed by atoms with Gasteiger partial charge in [-0.3, -0.25) is 9.59 Å². The van der Waals surface area contributed by atoms with Crippen molar-refractivity contribution in [3.05, 3.63) is 59.7 Å². The van der Waals surface area contributed by atoms with Crippen LogP contribution in [0.4, 0.5) is 5.69 Å². The second-order valence-electron chi connectivity index (χ2n) is 6.48. The Kier molecular flexibility index (Phi) is 5.26. The maximum atomic E-state index is 12.8. The van der Waals surface area contributed by atoms with Gasteiger partial charge in [-0.2, -0.15) is 0 Å². The minimum Gasteiger partial charge on any atom is -0.497 e. The lowest BCUT2D eigenvalue weighted by Gasteiger charge is -2.47. The van der Waals surface area contributed by atoms with Crippen LogP contribution >= 0.6 is 0 Å². The summed E-state index contributed by atoms with van der Waals surface area (Å²) >= 11 is 0. The summed E-state index contributed by atoms with van der Waals surface area (Å²) in [6, 6.07) is 15.5. The fraction of sp³-hybridized carbons (Fsp3) is 0.333. The summed E-state index contributed by atoms with van der Waals surface area (Å²) in [5, 5.41) is 0. The van der Waals surface area contributed by atoms with Crippen molar-refractivity contribution in [1.29, 1.82) is 0 Å². The molecule has 1 aliphatic heterocycles. The second kappa shape index (κ2) is 7.60. The highest BCUT2D eigenvalue weighted by Gasteiger charge is 2.48. The van der Waals surface area contributed by atoms with E-state index < -0.39 is 0 Å². The van der Waals surface area contributed by atoms with Gasteiger partial charge in [-0.1, -0.05) is 29.8 Å². The standard InChI is InChI=1S/C21H23NO4/c1-14-4-8-16(9-5-14)22-20(15-6-10-17(25-2)11-7-15)18(21(22)24)12-13-19(23)26-3/h4-11,18,20H,12-13H2,1-3H3/t18-,20-/m1/s1. The Morgan fingerprint density at radius 3 is 2.27 bits per heavy atom. The first-order chi connectivity index (χ1) is 12.5. The van der Waals surface area contributed by atoms with Crippen LogP contribution in [-0.4, -0.2) is 26.1 Å². The van der Waals surface area contributed by atoms with E-state index >= 15 is 0 Å². The smallest absolute Gasteiger partial charge is 0.305 e. The first kappa shape index (κ1) is 18.0. The molecule has 1 aliphatic rings. The summed E-state index contributed by atoms with van der Waals surface area (Å²) in [5.41, 5.74) is 3.04. The molecule has 26 heavy (non-hydrogen) atoms. The first-order valence-electron chi connectivity index (χ1n) is 8.65. The Morgan fingerprint density at radius 1 is 1.04 bits per heavy atom. The third-order valence-electron chi connectivity index (χ3n) is 4.87. The number of methoxy groups -OCH3 is 2. The number of esters is 1. The molecule has 5 nitrogen and oxygen atoms in total. The van der Waals surface area contributed by atoms with E-state index in [0.717, 1.165) is 22.6 Å². The van der Waals surface area contributed by atoms with Gasteiger partial charge in [-0.05, 0) is 43.2 Å². The summed E-state index contributed by atoms with van der Waals surface area (Å²) in [4.78, 5) is 26.1. The largest absolute Gasteiger partial charge is 0.497 e. The van der Waals surface area contributed by atoms with Crippen molar-refractivity contribution < 1.29 is 19.1 Å². The van der Waals surface area contributed by atoms with E-state index in [2.05, 4.69) is 0 Å². The van der Waals surface area contributed by atoms with Gasteiger partial charge in [0, 0.05) is 12.1 Å². The highest BCUT2D eigenvalue weighted by Crippen LogP contribution is 2.45. The quantitative estimate of drug-likeness (QED) is 0.587. The fourth-order valence-electron chi connectivity index (χ4n) is 3.38. The lowest BCUT2D eigenvalue weighted by Crippen LogP contribution is -2.55. The van der Waals surface area contributed by atoms with Gasteiger partial charge in [0.2, 0.25) is 5.91 Å². The van der Waals surface area contributed by atoms with E-state index in [9.17, 15) is 9.59 Å². The van der Waals surface area contributed by atoms with Gasteiger partial charge in [-0.25, -0.2) is 0 Å². The van der Waals surface area contributed by atoms with Crippen molar-refractivity contribution in [3.8, 4) is 5.75 Å². The van der Waals surface area contributed by atoms with Crippen LogP contribution in [0.2, 0.25) is 0 Å². The fourth-order valence-corrected chi connectivity index (χ4v) is 3.38. The van der Waals surface area contributed by atoms with Crippen molar-refractivity contribution in [2.45, 2.75) is 25.8 Å². The molecule has 2 aromatic rings. The third kappa shape index (κ3) is 3.43. The summed E-state index contributed by atoms with van der Waals surface area (Å²) < 4.78 is 9.94. The van der Waals surface area contributed by atoms with E-state index in [1.54, 1.807) is 7.11 Å². The van der Waals surface area contributed by atoms with Crippen molar-refractivity contribution in [1.82, 2.24) is 0 Å². The van der Waals surface area contributed by atoms with Gasteiger partial charge in [0.1, 0.15) is 5.75 Å². The predicted octanol–water partition coefficient (Wildman–Crippen LogP) is 3.66. The molecule has 0 unspecified atom stereocenters. The van der Waals surface area contributed by atoms with Crippen LogP contribution in [0, 0.1) is 12.8 Å². The number of ether oxygens (including phenoxy) is 2. The van der Waals surface area contributed by atoms with Crippen LogP contribution in [0.25, 0.3) is 0 Å². The molecule has 3 rings (SSSR count). The summed E-state index contributed by atoms with van der Waals surface area (Å²) in [5.74, 6) is 0.287. The number of carbonyl (C=O) groups excluding carboxylic acids is 2. The zero-order chi connectivity index (χ0) is 18.7. The molecule has 2 aromatic carbocycles. The zero-order valence-electron chi connectivity index (χ0n) is 15.3. The number of β-lactam (4-membered cyclic amide) rings is 1. The van der Waals surface area contributed by atoms with E-state index in [0.29, 0.717) is 6.42 Å². The van der Waals surface area contributed by atoms with Crippen LogP contribution in [0.1, 0.15) is 30.0 Å². The third-order valence-corrected chi connectivity index (χ3v) is 4.87. The number of rotatable bonds is 6. The molecule has 0 radical (unpaired) electrons. The van der Waals surface area contributed by atoms with Crippen molar-refractivity contribution >= 4 is 17.6 Å². The minimum atomic E-state index is -0.292. The van der Waals surface area contributed by atoms with Gasteiger partial charge in [0.05, 0.1) is 26.2 Å². The Hall–Kier alpha value is -2.82. The highest BCUT2D eigenvalue weighted by atomic mass is 16.5. The molecular formula is C21H23NO4. The molecular weight excluding hydrogens is 330 g/mol. The average molecular weight is 353 g/mol. The SMILES string of the molecule is COC(=O)CC[C@H]1C(=O)N(c2ccc(C)cc2)[C@@H]1c1ccc(OC)cc1. The highest BCUT2D eigenvalue weighted by molar-refractivity contribution is 6.03. The van der Waals surface area contributed by atoms with Crippen molar-refractivity contribution in [2.75, 3.05) is 19.1 Å². The summed E-state index contributed by atoms with van der Waals surface area (Å²) in [7, 11) is 2.99. The molecule has 2 atom stereocenters. The Labute approximate surface area is 153 Å². The van der Waals surface area contributed by atoms with E-state index in [-0.39, 0.29) is 30.3 Å². The van der Waals surface area contributed by atoms with Gasteiger partial charge < -0.3 is 14.4 Å². The Balaban J connectivity index is 1.88. The molecule has 136 valence electrons. The van der Waals surface area contributed by atoms with Gasteiger partial charge >= 0.3 is 5.97 Å². The molecule has 0 saturated carbocycles. The van der Waals surface area contributed by atoms with E-state index in [4.69, 9.17) is 9.47 Å². The van der Waals surface area contributed by atoms with Crippen LogP contribution in [0.15, 0.2) is 48.5 Å². The number of benzene rings is 2. The first-order valence-corrected chi connectivity index (χ1v) is 8.65. The monoisotopic (exact) mass is 353 g/mol. The van der Waals surface area contributed by atoms with Crippen LogP contribution in [0.5, 0.6) is 5.75 Å². The Bertz CT molecular complexity index is 783. The van der Waals surface area contributed by atoms with Gasteiger partial charge in [-0.15, -0.1) is 0 Å². The maximum Gasteiger partial charge on any atom is 0.305 e. The summed E-state index contributed by atoms with van der Waals surface area (Å²) in [6.45, 7) is 2.02. The van der Waals surface area contributed by atoms with E-state index in [1.165, 1.54) is 7.11 Å². The predicted molar refractivity (Wildman–Crippen MR) is 99.1 cm³/mol. The van der Waals surface area contributed by atoms with E-state index in [1.807, 2.05) is 60.4 Å². The molecule has 0 bridgehead atoms. The number of hydrogen-bond acceptors (Lipinski definition) is 4. The zero-order valence-corrected chi connectivity index (χ0v) is 15.3. The topological polar surface area (TPSA) is 55.8 Å². The number of anilines is 1.